The Bertz CT molecular complexity index is 648. The molecule has 0 radical (unpaired) electrons. The first kappa shape index (κ1) is 15.3. The van der Waals surface area contributed by atoms with E-state index in [-0.39, 0.29) is 0 Å². The molecular weight excluding hydrogens is 282 g/mol. The first-order chi connectivity index (χ1) is 10.0. The summed E-state index contributed by atoms with van der Waals surface area (Å²) in [5.74, 6) is 1.31. The van der Waals surface area contributed by atoms with Crippen LogP contribution in [-0.2, 0) is 6.61 Å². The van der Waals surface area contributed by atoms with E-state index in [1.165, 1.54) is 16.7 Å². The van der Waals surface area contributed by atoms with Crippen LogP contribution in [0.4, 0.5) is 0 Å². The van der Waals surface area contributed by atoms with Crippen molar-refractivity contribution >= 4 is 17.2 Å². The van der Waals surface area contributed by atoms with Gasteiger partial charge in [-0.1, -0.05) is 30.4 Å². The van der Waals surface area contributed by atoms with E-state index in [1.54, 1.807) is 13.2 Å². The van der Waals surface area contributed by atoms with Gasteiger partial charge in [0.25, 0.3) is 0 Å². The largest absolute Gasteiger partial charge is 0.493 e. The minimum atomic E-state index is 0.342. The van der Waals surface area contributed by atoms with E-state index in [4.69, 9.17) is 27.4 Å². The molecule has 0 unspecified atom stereocenters. The third-order valence-electron chi connectivity index (χ3n) is 3.46. The Balaban J connectivity index is 2.22. The van der Waals surface area contributed by atoms with Gasteiger partial charge in [0, 0.05) is 5.56 Å². The van der Waals surface area contributed by atoms with Gasteiger partial charge in [-0.2, -0.15) is 0 Å². The van der Waals surface area contributed by atoms with Crippen molar-refractivity contribution in [3.05, 3.63) is 58.7 Å². The highest BCUT2D eigenvalue weighted by molar-refractivity contribution is 7.80. The van der Waals surface area contributed by atoms with E-state index < -0.39 is 0 Å². The molecule has 2 N–H and O–H groups in total. The second kappa shape index (κ2) is 6.59. The molecule has 0 fully saturated rings. The summed E-state index contributed by atoms with van der Waals surface area (Å²) in [6.45, 7) is 4.67. The highest BCUT2D eigenvalue weighted by Gasteiger charge is 2.09. The molecule has 2 aromatic rings. The van der Waals surface area contributed by atoms with Gasteiger partial charge in [-0.05, 0) is 48.7 Å². The van der Waals surface area contributed by atoms with Gasteiger partial charge >= 0.3 is 0 Å². The highest BCUT2D eigenvalue weighted by Crippen LogP contribution is 2.29. The lowest BCUT2D eigenvalue weighted by molar-refractivity contribution is 0.283. The predicted molar refractivity (Wildman–Crippen MR) is 89.1 cm³/mol. The summed E-state index contributed by atoms with van der Waals surface area (Å²) >= 11 is 4.97. The third-order valence-corrected chi connectivity index (χ3v) is 3.70. The summed E-state index contributed by atoms with van der Waals surface area (Å²) in [6, 6.07) is 11.7. The van der Waals surface area contributed by atoms with Gasteiger partial charge in [0.15, 0.2) is 11.5 Å². The molecule has 0 amide bonds. The molecule has 0 aliphatic rings. The molecule has 0 aromatic heterocycles. The van der Waals surface area contributed by atoms with Crippen LogP contribution >= 0.6 is 12.2 Å². The maximum atomic E-state index is 5.90. The van der Waals surface area contributed by atoms with E-state index in [9.17, 15) is 0 Å². The number of ether oxygens (including phenoxy) is 2. The third kappa shape index (κ3) is 3.52. The fourth-order valence-corrected chi connectivity index (χ4v) is 2.29. The van der Waals surface area contributed by atoms with Gasteiger partial charge in [-0.15, -0.1) is 0 Å². The molecule has 0 spiro atoms. The topological polar surface area (TPSA) is 44.5 Å². The van der Waals surface area contributed by atoms with Crippen molar-refractivity contribution in [2.45, 2.75) is 20.5 Å². The monoisotopic (exact) mass is 301 g/mol. The number of benzene rings is 2. The smallest absolute Gasteiger partial charge is 0.161 e. The zero-order valence-electron chi connectivity index (χ0n) is 12.5. The maximum Gasteiger partial charge on any atom is 0.161 e. The zero-order valence-corrected chi connectivity index (χ0v) is 13.3. The summed E-state index contributed by atoms with van der Waals surface area (Å²) in [6.07, 6.45) is 0. The Morgan fingerprint density at radius 2 is 1.76 bits per heavy atom. The summed E-state index contributed by atoms with van der Waals surface area (Å²) in [4.78, 5) is 0.342. The lowest BCUT2D eigenvalue weighted by Gasteiger charge is -2.14. The van der Waals surface area contributed by atoms with Crippen LogP contribution in [0.25, 0.3) is 0 Å². The Hall–Kier alpha value is -2.07. The molecule has 2 rings (SSSR count). The maximum absolute atomic E-state index is 5.90. The lowest BCUT2D eigenvalue weighted by atomic mass is 10.0. The van der Waals surface area contributed by atoms with E-state index in [0.717, 1.165) is 5.56 Å². The van der Waals surface area contributed by atoms with Crippen LogP contribution in [0.3, 0.4) is 0 Å². The van der Waals surface area contributed by atoms with E-state index in [1.807, 2.05) is 18.2 Å². The second-order valence-electron chi connectivity index (χ2n) is 4.89. The molecular formula is C17H19NO2S. The van der Waals surface area contributed by atoms with Crippen LogP contribution in [0, 0.1) is 13.8 Å². The SMILES string of the molecule is COc1cc(C(N)=S)ccc1OCc1c(C)cccc1C. The Morgan fingerprint density at radius 3 is 2.33 bits per heavy atom. The predicted octanol–water partition coefficient (Wildman–Crippen LogP) is 3.53. The molecule has 0 saturated carbocycles. The first-order valence-corrected chi connectivity index (χ1v) is 7.09. The van der Waals surface area contributed by atoms with Gasteiger partial charge in [0.05, 0.1) is 7.11 Å². The van der Waals surface area contributed by atoms with Crippen LogP contribution < -0.4 is 15.2 Å². The zero-order chi connectivity index (χ0) is 15.4. The molecule has 21 heavy (non-hydrogen) atoms. The van der Waals surface area contributed by atoms with Crippen molar-refractivity contribution in [2.24, 2.45) is 5.73 Å². The number of hydrogen-bond acceptors (Lipinski definition) is 3. The average Bonchev–Trinajstić information content (AvgIpc) is 2.46. The fraction of sp³-hybridized carbons (Fsp3) is 0.235. The molecule has 2 aromatic carbocycles. The van der Waals surface area contributed by atoms with Crippen molar-refractivity contribution in [3.63, 3.8) is 0 Å². The fourth-order valence-electron chi connectivity index (χ4n) is 2.17. The molecule has 0 bridgehead atoms. The minimum Gasteiger partial charge on any atom is -0.493 e. The normalized spacial score (nSPS) is 10.2. The van der Waals surface area contributed by atoms with E-state index in [0.29, 0.717) is 23.1 Å². The van der Waals surface area contributed by atoms with Crippen molar-refractivity contribution in [1.29, 1.82) is 0 Å². The van der Waals surface area contributed by atoms with Gasteiger partial charge in [-0.3, -0.25) is 0 Å². The second-order valence-corrected chi connectivity index (χ2v) is 5.33. The number of methoxy groups -OCH3 is 1. The van der Waals surface area contributed by atoms with Crippen LogP contribution in [0.15, 0.2) is 36.4 Å². The van der Waals surface area contributed by atoms with Crippen molar-refractivity contribution in [1.82, 2.24) is 0 Å². The van der Waals surface area contributed by atoms with Gasteiger partial charge < -0.3 is 15.2 Å². The van der Waals surface area contributed by atoms with Gasteiger partial charge in [0.1, 0.15) is 11.6 Å². The van der Waals surface area contributed by atoms with E-state index >= 15 is 0 Å². The minimum absolute atomic E-state index is 0.342. The molecule has 110 valence electrons. The highest BCUT2D eigenvalue weighted by atomic mass is 32.1. The van der Waals surface area contributed by atoms with Crippen molar-refractivity contribution in [3.8, 4) is 11.5 Å². The molecule has 4 heteroatoms. The Morgan fingerprint density at radius 1 is 1.10 bits per heavy atom. The Kier molecular flexibility index (Phi) is 4.81. The number of thiocarbonyl (C=S) groups is 1. The van der Waals surface area contributed by atoms with Gasteiger partial charge in [0.2, 0.25) is 0 Å². The van der Waals surface area contributed by atoms with Crippen LogP contribution in [0.5, 0.6) is 11.5 Å². The lowest BCUT2D eigenvalue weighted by Crippen LogP contribution is -2.09. The number of aryl methyl sites for hydroxylation is 2. The summed E-state index contributed by atoms with van der Waals surface area (Å²) in [7, 11) is 1.60. The summed E-state index contributed by atoms with van der Waals surface area (Å²) in [5.41, 5.74) is 10.0. The number of rotatable bonds is 5. The summed E-state index contributed by atoms with van der Waals surface area (Å²) in [5, 5.41) is 0. The molecule has 0 atom stereocenters. The molecule has 0 heterocycles. The molecule has 0 aliphatic heterocycles. The molecule has 0 aliphatic carbocycles. The number of nitrogens with two attached hydrogens (primary N) is 1. The quantitative estimate of drug-likeness (QED) is 0.858. The van der Waals surface area contributed by atoms with Crippen LogP contribution in [-0.4, -0.2) is 12.1 Å². The van der Waals surface area contributed by atoms with Crippen LogP contribution in [0.2, 0.25) is 0 Å². The van der Waals surface area contributed by atoms with Crippen molar-refractivity contribution in [2.75, 3.05) is 7.11 Å². The average molecular weight is 301 g/mol. The standard InChI is InChI=1S/C17H19NO2S/c1-11-5-4-6-12(2)14(11)10-20-15-8-7-13(17(18)21)9-16(15)19-3/h4-9H,10H2,1-3H3,(H2,18,21). The summed E-state index contributed by atoms with van der Waals surface area (Å²) < 4.78 is 11.2. The van der Waals surface area contributed by atoms with Crippen LogP contribution in [0.1, 0.15) is 22.3 Å². The molecule has 3 nitrogen and oxygen atoms in total. The number of hydrogen-bond donors (Lipinski definition) is 1. The van der Waals surface area contributed by atoms with Crippen molar-refractivity contribution < 1.29 is 9.47 Å². The molecule has 0 saturated heterocycles. The first-order valence-electron chi connectivity index (χ1n) is 6.68. The van der Waals surface area contributed by atoms with E-state index in [2.05, 4.69) is 26.0 Å². The Labute approximate surface area is 130 Å². The van der Waals surface area contributed by atoms with Gasteiger partial charge in [-0.25, -0.2) is 0 Å².